The van der Waals surface area contributed by atoms with E-state index in [4.69, 9.17) is 0 Å². The van der Waals surface area contributed by atoms with Gasteiger partial charge in [-0.05, 0) is 43.6 Å². The molecule has 18 heavy (non-hydrogen) atoms. The van der Waals surface area contributed by atoms with Crippen LogP contribution in [-0.4, -0.2) is 24.6 Å². The largest absolute Gasteiger partial charge is 0.361 e. The average Bonchev–Trinajstić information content (AvgIpc) is 2.94. The van der Waals surface area contributed by atoms with Gasteiger partial charge in [-0.15, -0.1) is 12.4 Å². The van der Waals surface area contributed by atoms with Crippen LogP contribution in [0, 0.1) is 11.7 Å². The fraction of sp³-hybridized carbons (Fsp3) is 0.417. The lowest BCUT2D eigenvalue weighted by Crippen LogP contribution is -2.16. The molecule has 0 bridgehead atoms. The van der Waals surface area contributed by atoms with E-state index in [1.165, 1.54) is 29.9 Å². The fourth-order valence-electron chi connectivity index (χ4n) is 2.09. The highest BCUT2D eigenvalue weighted by atomic mass is 35.5. The Kier molecular flexibility index (Phi) is 4.37. The molecule has 0 amide bonds. The van der Waals surface area contributed by atoms with Crippen molar-refractivity contribution >= 4 is 39.1 Å². The number of hydrogen-bond donors (Lipinski definition) is 2. The minimum absolute atomic E-state index is 0. The predicted octanol–water partition coefficient (Wildman–Crippen LogP) is 2.88. The highest BCUT2D eigenvalue weighted by Crippen LogP contribution is 2.26. The molecule has 6 heteroatoms. The number of benzene rings is 1. The van der Waals surface area contributed by atoms with Crippen LogP contribution in [0.5, 0.6) is 0 Å². The van der Waals surface area contributed by atoms with Crippen LogP contribution in [0.1, 0.15) is 6.42 Å². The van der Waals surface area contributed by atoms with Crippen molar-refractivity contribution < 1.29 is 4.39 Å². The van der Waals surface area contributed by atoms with Gasteiger partial charge in [-0.3, -0.25) is 0 Å². The summed E-state index contributed by atoms with van der Waals surface area (Å²) in [7, 11) is 0. The molecule has 3 nitrogen and oxygen atoms in total. The number of fused-ring (bicyclic) bond motifs is 1. The van der Waals surface area contributed by atoms with Crippen LogP contribution in [-0.2, 0) is 0 Å². The van der Waals surface area contributed by atoms with Gasteiger partial charge in [-0.2, -0.15) is 0 Å². The van der Waals surface area contributed by atoms with Gasteiger partial charge in [-0.25, -0.2) is 9.37 Å². The summed E-state index contributed by atoms with van der Waals surface area (Å²) in [6.07, 6.45) is 1.21. The van der Waals surface area contributed by atoms with Gasteiger partial charge in [0.25, 0.3) is 0 Å². The molecule has 98 valence electrons. The van der Waals surface area contributed by atoms with Crippen LogP contribution >= 0.6 is 23.7 Å². The lowest BCUT2D eigenvalue weighted by molar-refractivity contribution is 0.615. The Bertz CT molecular complexity index is 525. The molecule has 2 N–H and O–H groups in total. The monoisotopic (exact) mass is 287 g/mol. The molecule has 0 radical (unpaired) electrons. The van der Waals surface area contributed by atoms with Crippen molar-refractivity contribution in [2.75, 3.05) is 25.0 Å². The molecule has 1 aliphatic heterocycles. The summed E-state index contributed by atoms with van der Waals surface area (Å²) in [5.74, 6) is 0.478. The number of hydrogen-bond acceptors (Lipinski definition) is 4. The topological polar surface area (TPSA) is 37.0 Å². The van der Waals surface area contributed by atoms with Gasteiger partial charge in [0.15, 0.2) is 5.13 Å². The summed E-state index contributed by atoms with van der Waals surface area (Å²) in [5.41, 5.74) is 0.864. The van der Waals surface area contributed by atoms with Gasteiger partial charge in [0.2, 0.25) is 0 Å². The molecule has 1 atom stereocenters. The zero-order valence-corrected chi connectivity index (χ0v) is 11.4. The maximum Gasteiger partial charge on any atom is 0.183 e. The molecule has 0 aliphatic carbocycles. The van der Waals surface area contributed by atoms with Gasteiger partial charge in [0.05, 0.1) is 10.2 Å². The summed E-state index contributed by atoms with van der Waals surface area (Å²) in [6.45, 7) is 3.12. The Morgan fingerprint density at radius 2 is 2.39 bits per heavy atom. The first-order valence-electron chi connectivity index (χ1n) is 5.82. The third kappa shape index (κ3) is 2.91. The Morgan fingerprint density at radius 1 is 1.50 bits per heavy atom. The Morgan fingerprint density at radius 3 is 3.17 bits per heavy atom. The van der Waals surface area contributed by atoms with Crippen molar-refractivity contribution in [2.45, 2.75) is 6.42 Å². The molecule has 1 saturated heterocycles. The van der Waals surface area contributed by atoms with E-state index in [0.717, 1.165) is 35.0 Å². The van der Waals surface area contributed by atoms with Crippen LogP contribution in [0.3, 0.4) is 0 Å². The first-order valence-corrected chi connectivity index (χ1v) is 6.63. The second-order valence-electron chi connectivity index (χ2n) is 4.37. The second kappa shape index (κ2) is 5.82. The molecule has 0 saturated carbocycles. The Balaban J connectivity index is 0.00000120. The predicted molar refractivity (Wildman–Crippen MR) is 76.3 cm³/mol. The van der Waals surface area contributed by atoms with E-state index in [1.807, 2.05) is 0 Å². The molecule has 0 unspecified atom stereocenters. The van der Waals surface area contributed by atoms with E-state index < -0.39 is 0 Å². The average molecular weight is 288 g/mol. The maximum atomic E-state index is 13.0. The van der Waals surface area contributed by atoms with E-state index in [0.29, 0.717) is 5.92 Å². The summed E-state index contributed by atoms with van der Waals surface area (Å²) >= 11 is 1.51. The minimum atomic E-state index is -0.201. The molecule has 2 heterocycles. The van der Waals surface area contributed by atoms with Crippen LogP contribution in [0.25, 0.3) is 10.2 Å². The highest BCUT2D eigenvalue weighted by molar-refractivity contribution is 7.22. The fourth-order valence-corrected chi connectivity index (χ4v) is 2.99. The molecule has 1 fully saturated rings. The molecule has 1 aromatic carbocycles. The summed E-state index contributed by atoms with van der Waals surface area (Å²) < 4.78 is 13.9. The molecular weight excluding hydrogens is 273 g/mol. The van der Waals surface area contributed by atoms with Crippen molar-refractivity contribution in [3.05, 3.63) is 24.0 Å². The number of rotatable bonds is 3. The van der Waals surface area contributed by atoms with Crippen molar-refractivity contribution in [1.29, 1.82) is 0 Å². The third-order valence-corrected chi connectivity index (χ3v) is 4.03. The lowest BCUT2D eigenvalue weighted by Gasteiger charge is -2.07. The third-order valence-electron chi connectivity index (χ3n) is 3.05. The van der Waals surface area contributed by atoms with Crippen LogP contribution < -0.4 is 10.6 Å². The van der Waals surface area contributed by atoms with Gasteiger partial charge in [0.1, 0.15) is 5.82 Å². The lowest BCUT2D eigenvalue weighted by atomic mass is 10.1. The molecule has 0 spiro atoms. The van der Waals surface area contributed by atoms with E-state index >= 15 is 0 Å². The smallest absolute Gasteiger partial charge is 0.183 e. The van der Waals surface area contributed by atoms with Gasteiger partial charge in [-0.1, -0.05) is 11.3 Å². The molecular formula is C12H15ClFN3S. The highest BCUT2D eigenvalue weighted by Gasteiger charge is 2.14. The van der Waals surface area contributed by atoms with Crippen molar-refractivity contribution in [3.8, 4) is 0 Å². The number of halogens is 2. The Labute approximate surface area is 115 Å². The first-order chi connectivity index (χ1) is 8.31. The van der Waals surface area contributed by atoms with Gasteiger partial charge < -0.3 is 10.6 Å². The van der Waals surface area contributed by atoms with Crippen LogP contribution in [0.15, 0.2) is 18.2 Å². The first kappa shape index (κ1) is 13.5. The number of anilines is 1. The van der Waals surface area contributed by atoms with Gasteiger partial charge >= 0.3 is 0 Å². The van der Waals surface area contributed by atoms with E-state index in [1.54, 1.807) is 6.07 Å². The molecule has 3 rings (SSSR count). The summed E-state index contributed by atoms with van der Waals surface area (Å²) in [4.78, 5) is 4.44. The van der Waals surface area contributed by atoms with Crippen LogP contribution in [0.2, 0.25) is 0 Å². The zero-order valence-electron chi connectivity index (χ0n) is 9.78. The quantitative estimate of drug-likeness (QED) is 0.911. The van der Waals surface area contributed by atoms with E-state index in [9.17, 15) is 4.39 Å². The van der Waals surface area contributed by atoms with Crippen molar-refractivity contribution in [3.63, 3.8) is 0 Å². The van der Waals surface area contributed by atoms with Crippen molar-refractivity contribution in [1.82, 2.24) is 10.3 Å². The van der Waals surface area contributed by atoms with E-state index in [2.05, 4.69) is 15.6 Å². The molecule has 1 aliphatic rings. The normalized spacial score (nSPS) is 18.8. The van der Waals surface area contributed by atoms with Crippen molar-refractivity contribution in [2.24, 2.45) is 5.92 Å². The molecule has 1 aromatic heterocycles. The Hall–Kier alpha value is -0.910. The van der Waals surface area contributed by atoms with Gasteiger partial charge in [0, 0.05) is 6.54 Å². The number of nitrogens with one attached hydrogen (secondary N) is 2. The summed E-state index contributed by atoms with van der Waals surface area (Å²) in [5, 5.41) is 7.56. The standard InChI is InChI=1S/C12H14FN3S.ClH/c13-9-1-2-10-11(5-9)17-12(16-10)15-7-8-3-4-14-6-8;/h1-2,5,8,14H,3-4,6-7H2,(H,15,16);1H/t8-;/m1./s1. The number of thiazole rings is 1. The minimum Gasteiger partial charge on any atom is -0.361 e. The maximum absolute atomic E-state index is 13.0. The number of aromatic nitrogens is 1. The molecule has 2 aromatic rings. The van der Waals surface area contributed by atoms with Crippen LogP contribution in [0.4, 0.5) is 9.52 Å². The van der Waals surface area contributed by atoms with E-state index in [-0.39, 0.29) is 18.2 Å². The second-order valence-corrected chi connectivity index (χ2v) is 5.40. The summed E-state index contributed by atoms with van der Waals surface area (Å²) in [6, 6.07) is 4.71. The number of nitrogens with zero attached hydrogens (tertiary/aromatic N) is 1. The zero-order chi connectivity index (χ0) is 11.7. The SMILES string of the molecule is Cl.Fc1ccc2nc(NC[C@@H]3CCNC3)sc2c1.